The summed E-state index contributed by atoms with van der Waals surface area (Å²) in [4.78, 5) is 27.4. The number of fused-ring (bicyclic) bond motifs is 1. The number of hydrogen-bond donors (Lipinski definition) is 0. The number of benzene rings is 2. The second kappa shape index (κ2) is 9.48. The van der Waals surface area contributed by atoms with Gasteiger partial charge in [0.1, 0.15) is 4.88 Å². The first kappa shape index (κ1) is 20.0. The van der Waals surface area contributed by atoms with Gasteiger partial charge >= 0.3 is 5.97 Å². The van der Waals surface area contributed by atoms with Gasteiger partial charge in [-0.25, -0.2) is 4.79 Å². The van der Waals surface area contributed by atoms with Crippen LogP contribution in [0.3, 0.4) is 0 Å². The molecule has 0 radical (unpaired) electrons. The third-order valence-electron chi connectivity index (χ3n) is 4.49. The molecule has 0 atom stereocenters. The second-order valence-electron chi connectivity index (χ2n) is 6.42. The van der Waals surface area contributed by atoms with Crippen molar-refractivity contribution in [1.29, 1.82) is 0 Å². The maximum Gasteiger partial charge on any atom is 0.349 e. The van der Waals surface area contributed by atoms with Gasteiger partial charge in [-0.15, -0.1) is 11.3 Å². The van der Waals surface area contributed by atoms with Gasteiger partial charge in [0.25, 0.3) is 5.91 Å². The Kier molecular flexibility index (Phi) is 6.79. The van der Waals surface area contributed by atoms with Gasteiger partial charge in [0.2, 0.25) is 0 Å². The van der Waals surface area contributed by atoms with E-state index in [2.05, 4.69) is 0 Å². The lowest BCUT2D eigenvalue weighted by Gasteiger charge is -2.22. The first-order chi connectivity index (χ1) is 13.6. The monoisotopic (exact) mass is 397 g/mol. The van der Waals surface area contributed by atoms with Crippen molar-refractivity contribution in [3.8, 4) is 0 Å². The Hall–Kier alpha value is -2.70. The van der Waals surface area contributed by atoms with E-state index in [1.165, 1.54) is 11.3 Å². The molecule has 2 aromatic carbocycles. The van der Waals surface area contributed by atoms with E-state index < -0.39 is 5.97 Å². The number of aryl methyl sites for hydroxylation is 1. The van der Waals surface area contributed by atoms with E-state index in [-0.39, 0.29) is 12.5 Å². The van der Waals surface area contributed by atoms with E-state index in [1.54, 1.807) is 12.0 Å². The SMILES string of the molecule is COCCN(Cc1ccccc1)C(=O)COC(=O)c1sc2ccccc2c1C. The van der Waals surface area contributed by atoms with Crippen molar-refractivity contribution < 1.29 is 19.1 Å². The standard InChI is InChI=1S/C22H23NO4S/c1-16-18-10-6-7-11-19(18)28-21(16)22(25)27-15-20(24)23(12-13-26-2)14-17-8-4-3-5-9-17/h3-11H,12-15H2,1-2H3. The van der Waals surface area contributed by atoms with Crippen molar-refractivity contribution in [2.24, 2.45) is 0 Å². The number of nitrogens with zero attached hydrogens (tertiary/aromatic N) is 1. The van der Waals surface area contributed by atoms with Gasteiger partial charge in [0.15, 0.2) is 6.61 Å². The fourth-order valence-electron chi connectivity index (χ4n) is 2.95. The Morgan fingerprint density at radius 1 is 1.04 bits per heavy atom. The summed E-state index contributed by atoms with van der Waals surface area (Å²) in [6.07, 6.45) is 0. The van der Waals surface area contributed by atoms with Gasteiger partial charge in [-0.05, 0) is 29.5 Å². The highest BCUT2D eigenvalue weighted by Gasteiger charge is 2.20. The molecule has 3 aromatic rings. The zero-order valence-electron chi connectivity index (χ0n) is 16.0. The van der Waals surface area contributed by atoms with Crippen molar-refractivity contribution in [3.63, 3.8) is 0 Å². The smallest absolute Gasteiger partial charge is 0.349 e. The van der Waals surface area contributed by atoms with Gasteiger partial charge in [-0.3, -0.25) is 4.79 Å². The maximum atomic E-state index is 12.6. The maximum absolute atomic E-state index is 12.6. The fourth-order valence-corrected chi connectivity index (χ4v) is 4.05. The molecule has 0 saturated carbocycles. The van der Waals surface area contributed by atoms with Crippen molar-refractivity contribution in [3.05, 3.63) is 70.6 Å². The summed E-state index contributed by atoms with van der Waals surface area (Å²) >= 11 is 1.39. The third-order valence-corrected chi connectivity index (χ3v) is 5.74. The molecule has 146 valence electrons. The van der Waals surface area contributed by atoms with Crippen LogP contribution in [-0.2, 0) is 20.8 Å². The average molecular weight is 397 g/mol. The normalized spacial score (nSPS) is 10.8. The topological polar surface area (TPSA) is 55.8 Å². The molecule has 0 fully saturated rings. The van der Waals surface area contributed by atoms with Crippen LogP contribution in [0.25, 0.3) is 10.1 Å². The average Bonchev–Trinajstić information content (AvgIpc) is 3.06. The molecule has 1 heterocycles. The first-order valence-electron chi connectivity index (χ1n) is 9.06. The number of ether oxygens (including phenoxy) is 2. The minimum Gasteiger partial charge on any atom is -0.451 e. The largest absolute Gasteiger partial charge is 0.451 e. The number of carbonyl (C=O) groups is 2. The Labute approximate surface area is 168 Å². The molecule has 0 bridgehead atoms. The van der Waals surface area contributed by atoms with E-state index in [0.29, 0.717) is 24.6 Å². The number of amides is 1. The number of esters is 1. The molecule has 0 unspecified atom stereocenters. The van der Waals surface area contributed by atoms with Crippen molar-refractivity contribution in [1.82, 2.24) is 4.90 Å². The Morgan fingerprint density at radius 2 is 1.75 bits per heavy atom. The highest BCUT2D eigenvalue weighted by Crippen LogP contribution is 2.30. The van der Waals surface area contributed by atoms with Crippen LogP contribution in [0.4, 0.5) is 0 Å². The van der Waals surface area contributed by atoms with Crippen molar-refractivity contribution >= 4 is 33.3 Å². The summed E-state index contributed by atoms with van der Waals surface area (Å²) in [5.41, 5.74) is 1.90. The molecule has 3 rings (SSSR count). The number of thiophene rings is 1. The van der Waals surface area contributed by atoms with Crippen LogP contribution in [0.5, 0.6) is 0 Å². The van der Waals surface area contributed by atoms with Gasteiger partial charge < -0.3 is 14.4 Å². The van der Waals surface area contributed by atoms with Gasteiger partial charge in [-0.2, -0.15) is 0 Å². The number of methoxy groups -OCH3 is 1. The van der Waals surface area contributed by atoms with E-state index in [1.807, 2.05) is 61.5 Å². The molecule has 0 N–H and O–H groups in total. The molecule has 5 nitrogen and oxygen atoms in total. The fraction of sp³-hybridized carbons (Fsp3) is 0.273. The Bertz CT molecular complexity index is 952. The van der Waals surface area contributed by atoms with E-state index >= 15 is 0 Å². The lowest BCUT2D eigenvalue weighted by Crippen LogP contribution is -2.36. The quantitative estimate of drug-likeness (QED) is 0.538. The highest BCUT2D eigenvalue weighted by molar-refractivity contribution is 7.21. The predicted molar refractivity (Wildman–Crippen MR) is 111 cm³/mol. The van der Waals surface area contributed by atoms with E-state index in [9.17, 15) is 9.59 Å². The van der Waals surface area contributed by atoms with E-state index in [4.69, 9.17) is 9.47 Å². The van der Waals surface area contributed by atoms with E-state index in [0.717, 1.165) is 21.2 Å². The highest BCUT2D eigenvalue weighted by atomic mass is 32.1. The summed E-state index contributed by atoms with van der Waals surface area (Å²) in [5.74, 6) is -0.702. The summed E-state index contributed by atoms with van der Waals surface area (Å²) in [6, 6.07) is 17.5. The minimum absolute atomic E-state index is 0.243. The molecule has 28 heavy (non-hydrogen) atoms. The lowest BCUT2D eigenvalue weighted by atomic mass is 10.1. The predicted octanol–water partition coefficient (Wildman–Crippen LogP) is 4.04. The summed E-state index contributed by atoms with van der Waals surface area (Å²) in [7, 11) is 1.59. The van der Waals surface area contributed by atoms with Crippen LogP contribution < -0.4 is 0 Å². The van der Waals surface area contributed by atoms with Gasteiger partial charge in [-0.1, -0.05) is 48.5 Å². The molecule has 6 heteroatoms. The zero-order valence-corrected chi connectivity index (χ0v) is 16.8. The molecular formula is C22H23NO4S. The number of hydrogen-bond acceptors (Lipinski definition) is 5. The molecule has 1 amide bonds. The number of carbonyl (C=O) groups excluding carboxylic acids is 2. The molecule has 0 saturated heterocycles. The first-order valence-corrected chi connectivity index (χ1v) is 9.87. The van der Waals surface area contributed by atoms with Crippen LogP contribution in [0.1, 0.15) is 20.8 Å². The molecule has 0 aliphatic carbocycles. The molecule has 0 aliphatic rings. The summed E-state index contributed by atoms with van der Waals surface area (Å²) in [5, 5.41) is 1.04. The molecule has 0 spiro atoms. The summed E-state index contributed by atoms with van der Waals surface area (Å²) < 4.78 is 11.5. The second-order valence-corrected chi connectivity index (χ2v) is 7.47. The number of rotatable bonds is 8. The summed E-state index contributed by atoms with van der Waals surface area (Å²) in [6.45, 7) is 2.91. The van der Waals surface area contributed by atoms with Crippen LogP contribution in [0.15, 0.2) is 54.6 Å². The van der Waals surface area contributed by atoms with Crippen LogP contribution in [0, 0.1) is 6.92 Å². The van der Waals surface area contributed by atoms with Gasteiger partial charge in [0, 0.05) is 24.9 Å². The van der Waals surface area contributed by atoms with Crippen molar-refractivity contribution in [2.75, 3.05) is 26.9 Å². The lowest BCUT2D eigenvalue weighted by molar-refractivity contribution is -0.135. The minimum atomic E-state index is -0.460. The van der Waals surface area contributed by atoms with Gasteiger partial charge in [0.05, 0.1) is 6.61 Å². The molecule has 0 aliphatic heterocycles. The molecule has 1 aromatic heterocycles. The third kappa shape index (κ3) is 4.77. The van der Waals surface area contributed by atoms with Crippen molar-refractivity contribution in [2.45, 2.75) is 13.5 Å². The van der Waals surface area contributed by atoms with Crippen LogP contribution >= 0.6 is 11.3 Å². The Morgan fingerprint density at radius 3 is 2.46 bits per heavy atom. The zero-order chi connectivity index (χ0) is 19.9. The van der Waals surface area contributed by atoms with Crippen LogP contribution in [0.2, 0.25) is 0 Å². The molecular weight excluding hydrogens is 374 g/mol. The Balaban J connectivity index is 1.65. The van der Waals surface area contributed by atoms with Crippen LogP contribution in [-0.4, -0.2) is 43.6 Å².